The van der Waals surface area contributed by atoms with Crippen LogP contribution in [0.1, 0.15) is 36.3 Å². The van der Waals surface area contributed by atoms with Gasteiger partial charge in [0.15, 0.2) is 0 Å². The highest BCUT2D eigenvalue weighted by Gasteiger charge is 2.26. The maximum atomic E-state index is 12.9. The lowest BCUT2D eigenvalue weighted by atomic mass is 10.1. The molecule has 0 saturated carbocycles. The number of likely N-dealkylation sites (tertiary alicyclic amines) is 1. The fourth-order valence-electron chi connectivity index (χ4n) is 3.52. The van der Waals surface area contributed by atoms with Gasteiger partial charge in [-0.2, -0.15) is 0 Å². The van der Waals surface area contributed by atoms with Gasteiger partial charge in [0.1, 0.15) is 11.4 Å². The van der Waals surface area contributed by atoms with Crippen molar-refractivity contribution in [3.05, 3.63) is 48.7 Å². The number of nitrogens with one attached hydrogen (secondary N) is 1. The number of H-pyrrole nitrogens is 1. The van der Waals surface area contributed by atoms with Gasteiger partial charge in [0.2, 0.25) is 0 Å². The zero-order chi connectivity index (χ0) is 17.2. The van der Waals surface area contributed by atoms with Gasteiger partial charge in [0.05, 0.1) is 19.0 Å². The number of piperidine rings is 1. The Hall–Kier alpha value is -2.76. The molecule has 3 aromatic rings. The van der Waals surface area contributed by atoms with Crippen LogP contribution in [-0.2, 0) is 0 Å². The van der Waals surface area contributed by atoms with Gasteiger partial charge >= 0.3 is 0 Å². The number of hydrogen-bond acceptors (Lipinski definition) is 3. The van der Waals surface area contributed by atoms with Crippen molar-refractivity contribution in [2.75, 3.05) is 19.7 Å². The van der Waals surface area contributed by atoms with Crippen molar-refractivity contribution in [2.24, 2.45) is 0 Å². The molecule has 1 aliphatic rings. The summed E-state index contributed by atoms with van der Waals surface area (Å²) in [7, 11) is 0. The summed E-state index contributed by atoms with van der Waals surface area (Å²) in [6, 6.07) is 8.09. The molecule has 0 bridgehead atoms. The average molecular weight is 338 g/mol. The molecule has 4 rings (SSSR count). The number of hydrogen-bond donors (Lipinski definition) is 1. The summed E-state index contributed by atoms with van der Waals surface area (Å²) in [5.74, 6) is 0.868. The highest BCUT2D eigenvalue weighted by molar-refractivity contribution is 5.98. The highest BCUT2D eigenvalue weighted by atomic mass is 16.5. The van der Waals surface area contributed by atoms with Crippen molar-refractivity contribution in [1.29, 1.82) is 0 Å². The monoisotopic (exact) mass is 338 g/mol. The predicted octanol–water partition coefficient (Wildman–Crippen LogP) is 3.24. The number of nitrogens with zero attached hydrogens (tertiary/aromatic N) is 3. The SMILES string of the molecule is CCOc1ccc2cc(C(=O)N3CCCC(n4ccnc4)C3)[nH]c2c1. The standard InChI is InChI=1S/C19H22N4O2/c1-2-25-16-6-5-14-10-18(21-17(14)11-16)19(24)22-8-3-4-15(12-22)23-9-7-20-13-23/h5-7,9-11,13,15,21H,2-4,8,12H2,1H3. The molecule has 0 radical (unpaired) electrons. The molecule has 0 aliphatic carbocycles. The smallest absolute Gasteiger partial charge is 0.270 e. The van der Waals surface area contributed by atoms with Gasteiger partial charge in [-0.05, 0) is 38.0 Å². The van der Waals surface area contributed by atoms with Crippen molar-refractivity contribution in [1.82, 2.24) is 19.4 Å². The third-order valence-corrected chi connectivity index (χ3v) is 4.77. The van der Waals surface area contributed by atoms with E-state index in [1.165, 1.54) is 0 Å². The van der Waals surface area contributed by atoms with E-state index in [-0.39, 0.29) is 5.91 Å². The lowest BCUT2D eigenvalue weighted by Crippen LogP contribution is -2.40. The molecule has 1 fully saturated rings. The van der Waals surface area contributed by atoms with E-state index < -0.39 is 0 Å². The third kappa shape index (κ3) is 3.12. The summed E-state index contributed by atoms with van der Waals surface area (Å²) in [5.41, 5.74) is 1.56. The number of fused-ring (bicyclic) bond motifs is 1. The Balaban J connectivity index is 1.54. The van der Waals surface area contributed by atoms with Gasteiger partial charge in [0, 0.05) is 42.5 Å². The van der Waals surface area contributed by atoms with Crippen molar-refractivity contribution in [3.8, 4) is 5.75 Å². The van der Waals surface area contributed by atoms with E-state index in [9.17, 15) is 4.79 Å². The second kappa shape index (κ2) is 6.63. The Morgan fingerprint density at radius 1 is 1.40 bits per heavy atom. The van der Waals surface area contributed by atoms with Gasteiger partial charge in [-0.25, -0.2) is 4.98 Å². The first kappa shape index (κ1) is 15.7. The summed E-state index contributed by atoms with van der Waals surface area (Å²) in [5, 5.41) is 1.02. The summed E-state index contributed by atoms with van der Waals surface area (Å²) in [6.45, 7) is 4.10. The number of aromatic amines is 1. The van der Waals surface area contributed by atoms with E-state index in [1.807, 2.05) is 48.6 Å². The molecule has 25 heavy (non-hydrogen) atoms. The summed E-state index contributed by atoms with van der Waals surface area (Å²) in [6.07, 6.45) is 7.66. The Labute approximate surface area is 146 Å². The molecular weight excluding hydrogens is 316 g/mol. The summed E-state index contributed by atoms with van der Waals surface area (Å²) < 4.78 is 7.63. The molecule has 6 nitrogen and oxygen atoms in total. The van der Waals surface area contributed by atoms with Crippen LogP contribution in [0.15, 0.2) is 43.0 Å². The molecule has 1 N–H and O–H groups in total. The zero-order valence-corrected chi connectivity index (χ0v) is 14.3. The second-order valence-corrected chi connectivity index (χ2v) is 6.42. The molecule has 0 spiro atoms. The lowest BCUT2D eigenvalue weighted by molar-refractivity contribution is 0.0674. The van der Waals surface area contributed by atoms with Crippen LogP contribution in [0.2, 0.25) is 0 Å². The first-order valence-electron chi connectivity index (χ1n) is 8.77. The average Bonchev–Trinajstić information content (AvgIpc) is 3.31. The van der Waals surface area contributed by atoms with Crippen molar-refractivity contribution < 1.29 is 9.53 Å². The molecule has 1 atom stereocenters. The first-order valence-corrected chi connectivity index (χ1v) is 8.77. The fourth-order valence-corrected chi connectivity index (χ4v) is 3.52. The van der Waals surface area contributed by atoms with Crippen LogP contribution in [-0.4, -0.2) is 45.0 Å². The second-order valence-electron chi connectivity index (χ2n) is 6.42. The van der Waals surface area contributed by atoms with Crippen LogP contribution in [0, 0.1) is 0 Å². The lowest BCUT2D eigenvalue weighted by Gasteiger charge is -2.33. The Kier molecular flexibility index (Phi) is 4.17. The highest BCUT2D eigenvalue weighted by Crippen LogP contribution is 2.25. The third-order valence-electron chi connectivity index (χ3n) is 4.77. The molecule has 1 aliphatic heterocycles. The number of amides is 1. The number of carbonyl (C=O) groups excluding carboxylic acids is 1. The maximum absolute atomic E-state index is 12.9. The number of imidazole rings is 1. The quantitative estimate of drug-likeness (QED) is 0.794. The zero-order valence-electron chi connectivity index (χ0n) is 14.3. The van der Waals surface area contributed by atoms with Gasteiger partial charge in [-0.1, -0.05) is 0 Å². The molecule has 130 valence electrons. The molecular formula is C19H22N4O2. The first-order chi connectivity index (χ1) is 12.2. The molecule has 3 heterocycles. The van der Waals surface area contributed by atoms with E-state index in [0.29, 0.717) is 18.3 Å². The minimum absolute atomic E-state index is 0.0546. The van der Waals surface area contributed by atoms with Crippen LogP contribution in [0.25, 0.3) is 10.9 Å². The fraction of sp³-hybridized carbons (Fsp3) is 0.368. The van der Waals surface area contributed by atoms with Gasteiger partial charge in [0.25, 0.3) is 5.91 Å². The predicted molar refractivity (Wildman–Crippen MR) is 95.9 cm³/mol. The number of ether oxygens (including phenoxy) is 1. The molecule has 1 saturated heterocycles. The van der Waals surface area contributed by atoms with Gasteiger partial charge in [-0.15, -0.1) is 0 Å². The van der Waals surface area contributed by atoms with Crippen LogP contribution < -0.4 is 4.74 Å². The Morgan fingerprint density at radius 3 is 3.12 bits per heavy atom. The summed E-state index contributed by atoms with van der Waals surface area (Å²) >= 11 is 0. The van der Waals surface area contributed by atoms with Crippen molar-refractivity contribution in [3.63, 3.8) is 0 Å². The van der Waals surface area contributed by atoms with Crippen LogP contribution in [0.3, 0.4) is 0 Å². The van der Waals surface area contributed by atoms with E-state index in [2.05, 4.69) is 14.5 Å². The van der Waals surface area contributed by atoms with Crippen molar-refractivity contribution in [2.45, 2.75) is 25.8 Å². The van der Waals surface area contributed by atoms with E-state index in [1.54, 1.807) is 6.20 Å². The minimum Gasteiger partial charge on any atom is -0.494 e. The largest absolute Gasteiger partial charge is 0.494 e. The Morgan fingerprint density at radius 2 is 2.32 bits per heavy atom. The summed E-state index contributed by atoms with van der Waals surface area (Å²) in [4.78, 5) is 22.2. The molecule has 2 aromatic heterocycles. The number of benzene rings is 1. The number of aromatic nitrogens is 3. The van der Waals surface area contributed by atoms with Gasteiger partial charge < -0.3 is 19.2 Å². The van der Waals surface area contributed by atoms with Crippen molar-refractivity contribution >= 4 is 16.8 Å². The van der Waals surface area contributed by atoms with E-state index >= 15 is 0 Å². The van der Waals surface area contributed by atoms with E-state index in [0.717, 1.165) is 42.6 Å². The number of carbonyl (C=O) groups is 1. The van der Waals surface area contributed by atoms with E-state index in [4.69, 9.17) is 4.74 Å². The van der Waals surface area contributed by atoms with Crippen LogP contribution in [0.5, 0.6) is 5.75 Å². The maximum Gasteiger partial charge on any atom is 0.270 e. The molecule has 1 aromatic carbocycles. The molecule has 1 amide bonds. The topological polar surface area (TPSA) is 63.1 Å². The molecule has 6 heteroatoms. The Bertz CT molecular complexity index is 869. The van der Waals surface area contributed by atoms with Gasteiger partial charge in [-0.3, -0.25) is 4.79 Å². The normalized spacial score (nSPS) is 17.8. The van der Waals surface area contributed by atoms with Crippen LogP contribution in [0.4, 0.5) is 0 Å². The molecule has 1 unspecified atom stereocenters. The minimum atomic E-state index is 0.0546. The number of rotatable bonds is 4. The van der Waals surface area contributed by atoms with Crippen LogP contribution >= 0.6 is 0 Å².